The van der Waals surface area contributed by atoms with E-state index in [-0.39, 0.29) is 5.78 Å². The minimum atomic E-state index is 0.162. The van der Waals surface area contributed by atoms with Gasteiger partial charge < -0.3 is 0 Å². The number of ketones is 1. The van der Waals surface area contributed by atoms with E-state index in [4.69, 9.17) is 0 Å². The molecule has 0 spiro atoms. The average molecular weight is 289 g/mol. The molecule has 0 bridgehead atoms. The van der Waals surface area contributed by atoms with E-state index < -0.39 is 0 Å². The van der Waals surface area contributed by atoms with Crippen molar-refractivity contribution in [3.05, 3.63) is 69.7 Å². The maximum absolute atomic E-state index is 12.2. The van der Waals surface area contributed by atoms with Crippen molar-refractivity contribution in [3.63, 3.8) is 0 Å². The molecule has 0 atom stereocenters. The third-order valence-electron chi connectivity index (χ3n) is 2.75. The molecule has 0 aromatic heterocycles. The van der Waals surface area contributed by atoms with Gasteiger partial charge in [0.05, 0.1) is 0 Å². The fourth-order valence-corrected chi connectivity index (χ4v) is 2.22. The van der Waals surface area contributed by atoms with Gasteiger partial charge in [-0.15, -0.1) is 0 Å². The first-order valence-electron chi connectivity index (χ1n) is 5.50. The van der Waals surface area contributed by atoms with E-state index in [2.05, 4.69) is 15.9 Å². The molecule has 2 aromatic carbocycles. The molecule has 0 saturated heterocycles. The van der Waals surface area contributed by atoms with Gasteiger partial charge >= 0.3 is 0 Å². The van der Waals surface area contributed by atoms with Crippen LogP contribution in [0.25, 0.3) is 0 Å². The summed E-state index contributed by atoms with van der Waals surface area (Å²) in [5.41, 5.74) is 2.87. The fourth-order valence-electron chi connectivity index (χ4n) is 1.80. The van der Waals surface area contributed by atoms with E-state index in [9.17, 15) is 4.79 Å². The molecule has 17 heavy (non-hydrogen) atoms. The van der Waals surface area contributed by atoms with Crippen LogP contribution >= 0.6 is 15.9 Å². The van der Waals surface area contributed by atoms with Gasteiger partial charge in [0, 0.05) is 16.5 Å². The topological polar surface area (TPSA) is 17.1 Å². The molecule has 0 amide bonds. The first-order chi connectivity index (χ1) is 8.18. The summed E-state index contributed by atoms with van der Waals surface area (Å²) in [5, 5.41) is 0. The number of carbonyl (C=O) groups is 1. The maximum atomic E-state index is 12.2. The molecule has 2 aromatic rings. The minimum Gasteiger partial charge on any atom is -0.294 e. The Kier molecular flexibility index (Phi) is 3.75. The van der Waals surface area contributed by atoms with Crippen LogP contribution in [0.5, 0.6) is 0 Å². The lowest BCUT2D eigenvalue weighted by molar-refractivity contribution is 0.0992. The molecule has 0 radical (unpaired) electrons. The molecule has 2 rings (SSSR count). The van der Waals surface area contributed by atoms with Gasteiger partial charge in [-0.05, 0) is 24.1 Å². The third-order valence-corrected chi connectivity index (χ3v) is 3.53. The first kappa shape index (κ1) is 12.1. The zero-order valence-corrected chi connectivity index (χ0v) is 11.2. The molecule has 0 heterocycles. The molecule has 86 valence electrons. The smallest absolute Gasteiger partial charge is 0.167 e. The van der Waals surface area contributed by atoms with Crippen molar-refractivity contribution < 1.29 is 4.79 Å². The molecule has 0 unspecified atom stereocenters. The van der Waals surface area contributed by atoms with Crippen LogP contribution < -0.4 is 0 Å². The summed E-state index contributed by atoms with van der Waals surface area (Å²) in [5.74, 6) is 0.162. The fraction of sp³-hybridized carbons (Fsp3) is 0.133. The molecular formula is C15H13BrO. The van der Waals surface area contributed by atoms with Crippen LogP contribution in [0.15, 0.2) is 53.0 Å². The summed E-state index contributed by atoms with van der Waals surface area (Å²) in [6.45, 7) is 1.97. The van der Waals surface area contributed by atoms with Gasteiger partial charge in [-0.25, -0.2) is 0 Å². The number of Topliss-reactive ketones (excluding diaryl/α,β-unsaturated/α-hetero) is 1. The SMILES string of the molecule is Cc1ccccc1C(=O)Cc1ccccc1Br. The molecule has 0 fully saturated rings. The number of hydrogen-bond acceptors (Lipinski definition) is 1. The summed E-state index contributed by atoms with van der Waals surface area (Å²) in [6, 6.07) is 15.5. The number of benzene rings is 2. The normalized spacial score (nSPS) is 10.2. The van der Waals surface area contributed by atoms with Crippen molar-refractivity contribution in [1.29, 1.82) is 0 Å². The number of carbonyl (C=O) groups excluding carboxylic acids is 1. The number of rotatable bonds is 3. The summed E-state index contributed by atoms with van der Waals surface area (Å²) >= 11 is 3.46. The van der Waals surface area contributed by atoms with E-state index in [0.717, 1.165) is 21.2 Å². The standard InChI is InChI=1S/C15H13BrO/c1-11-6-2-4-8-13(11)15(17)10-12-7-3-5-9-14(12)16/h2-9H,10H2,1H3. The highest BCUT2D eigenvalue weighted by atomic mass is 79.9. The second kappa shape index (κ2) is 5.28. The number of halogens is 1. The van der Waals surface area contributed by atoms with Gasteiger partial charge in [0.25, 0.3) is 0 Å². The van der Waals surface area contributed by atoms with Gasteiger partial charge in [-0.3, -0.25) is 4.79 Å². The molecule has 0 N–H and O–H groups in total. The van der Waals surface area contributed by atoms with Crippen molar-refractivity contribution in [2.24, 2.45) is 0 Å². The summed E-state index contributed by atoms with van der Waals surface area (Å²) in [7, 11) is 0. The van der Waals surface area contributed by atoms with Gasteiger partial charge in [-0.2, -0.15) is 0 Å². The van der Waals surface area contributed by atoms with E-state index >= 15 is 0 Å². The first-order valence-corrected chi connectivity index (χ1v) is 6.30. The van der Waals surface area contributed by atoms with Crippen LogP contribution in [0.2, 0.25) is 0 Å². The Labute approximate surface area is 110 Å². The molecule has 2 heteroatoms. The quantitative estimate of drug-likeness (QED) is 0.775. The highest BCUT2D eigenvalue weighted by Gasteiger charge is 2.10. The lowest BCUT2D eigenvalue weighted by Gasteiger charge is -2.06. The number of hydrogen-bond donors (Lipinski definition) is 0. The Morgan fingerprint density at radius 1 is 1.06 bits per heavy atom. The molecule has 0 saturated carbocycles. The van der Waals surface area contributed by atoms with Gasteiger partial charge in [0.1, 0.15) is 0 Å². The summed E-state index contributed by atoms with van der Waals surface area (Å²) < 4.78 is 0.988. The van der Waals surface area contributed by atoms with Crippen LogP contribution in [0.4, 0.5) is 0 Å². The lowest BCUT2D eigenvalue weighted by Crippen LogP contribution is -2.05. The molecular weight excluding hydrogens is 276 g/mol. The second-order valence-electron chi connectivity index (χ2n) is 4.01. The lowest BCUT2D eigenvalue weighted by atomic mass is 9.99. The highest BCUT2D eigenvalue weighted by molar-refractivity contribution is 9.10. The van der Waals surface area contributed by atoms with Crippen LogP contribution in [-0.4, -0.2) is 5.78 Å². The predicted molar refractivity (Wildman–Crippen MR) is 73.4 cm³/mol. The van der Waals surface area contributed by atoms with Crippen molar-refractivity contribution >= 4 is 21.7 Å². The Morgan fingerprint density at radius 2 is 1.71 bits per heavy atom. The van der Waals surface area contributed by atoms with Crippen molar-refractivity contribution in [2.45, 2.75) is 13.3 Å². The van der Waals surface area contributed by atoms with Gasteiger partial charge in [0.2, 0.25) is 0 Å². The molecule has 0 aliphatic carbocycles. The van der Waals surface area contributed by atoms with Crippen LogP contribution in [0.1, 0.15) is 21.5 Å². The van der Waals surface area contributed by atoms with Crippen LogP contribution in [0, 0.1) is 6.92 Å². The minimum absolute atomic E-state index is 0.162. The largest absolute Gasteiger partial charge is 0.294 e. The van der Waals surface area contributed by atoms with Gasteiger partial charge in [0.15, 0.2) is 5.78 Å². The van der Waals surface area contributed by atoms with E-state index in [0.29, 0.717) is 6.42 Å². The Hall–Kier alpha value is -1.41. The zero-order chi connectivity index (χ0) is 12.3. The average Bonchev–Trinajstić information content (AvgIpc) is 2.32. The molecule has 1 nitrogen and oxygen atoms in total. The molecule has 0 aliphatic heterocycles. The van der Waals surface area contributed by atoms with Crippen molar-refractivity contribution in [2.75, 3.05) is 0 Å². The highest BCUT2D eigenvalue weighted by Crippen LogP contribution is 2.19. The third kappa shape index (κ3) is 2.83. The van der Waals surface area contributed by atoms with Crippen LogP contribution in [-0.2, 0) is 6.42 Å². The van der Waals surface area contributed by atoms with Crippen molar-refractivity contribution in [1.82, 2.24) is 0 Å². The number of aryl methyl sites for hydroxylation is 1. The van der Waals surface area contributed by atoms with Crippen molar-refractivity contribution in [3.8, 4) is 0 Å². The Bertz CT molecular complexity index is 546. The van der Waals surface area contributed by atoms with E-state index in [1.54, 1.807) is 0 Å². The Balaban J connectivity index is 2.24. The Morgan fingerprint density at radius 3 is 2.41 bits per heavy atom. The van der Waals surface area contributed by atoms with Crippen LogP contribution in [0.3, 0.4) is 0 Å². The monoisotopic (exact) mass is 288 g/mol. The maximum Gasteiger partial charge on any atom is 0.167 e. The van der Waals surface area contributed by atoms with E-state index in [1.165, 1.54) is 0 Å². The summed E-state index contributed by atoms with van der Waals surface area (Å²) in [4.78, 5) is 12.2. The molecule has 0 aliphatic rings. The zero-order valence-electron chi connectivity index (χ0n) is 9.61. The predicted octanol–water partition coefficient (Wildman–Crippen LogP) is 4.18. The van der Waals surface area contributed by atoms with Gasteiger partial charge in [-0.1, -0.05) is 58.4 Å². The second-order valence-corrected chi connectivity index (χ2v) is 4.86. The van der Waals surface area contributed by atoms with E-state index in [1.807, 2.05) is 55.5 Å². The summed E-state index contributed by atoms with van der Waals surface area (Å²) in [6.07, 6.45) is 0.437.